The highest BCUT2D eigenvalue weighted by atomic mass is 16.5. The van der Waals surface area contributed by atoms with Crippen LogP contribution in [-0.4, -0.2) is 66.7 Å². The largest absolute Gasteiger partial charge is 0.494 e. The van der Waals surface area contributed by atoms with Gasteiger partial charge in [-0.3, -0.25) is 4.79 Å². The molecule has 0 saturated carbocycles. The Labute approximate surface area is 243 Å². The van der Waals surface area contributed by atoms with Crippen molar-refractivity contribution in [3.8, 4) is 17.0 Å². The molecule has 0 aliphatic carbocycles. The number of rotatable bonds is 10. The van der Waals surface area contributed by atoms with E-state index in [0.717, 1.165) is 29.1 Å². The SMILES string of the molecule is [2H]C([2H])=CC(=O)Nc1cc(Nc2nccc(-c3cn(C(C)(C)C([2H])([2H])[2H])c4ccccc34)n2)c(OC)cc1N(C)CCN(C)C. The fourth-order valence-corrected chi connectivity index (χ4v) is 4.43. The van der Waals surface area contributed by atoms with Crippen LogP contribution >= 0.6 is 0 Å². The molecule has 0 fully saturated rings. The topological polar surface area (TPSA) is 87.5 Å². The van der Waals surface area contributed by atoms with Crippen molar-refractivity contribution in [2.45, 2.75) is 26.2 Å². The number of para-hydroxylation sites is 1. The Hall–Kier alpha value is -4.37. The number of hydrogen-bond donors (Lipinski definition) is 2. The monoisotopic (exact) mass is 546 g/mol. The van der Waals surface area contributed by atoms with Gasteiger partial charge in [0, 0.05) is 64.7 Å². The van der Waals surface area contributed by atoms with Crippen LogP contribution in [0.1, 0.15) is 27.6 Å². The van der Waals surface area contributed by atoms with Crippen molar-refractivity contribution in [3.63, 3.8) is 0 Å². The van der Waals surface area contributed by atoms with Gasteiger partial charge in [0.15, 0.2) is 0 Å². The van der Waals surface area contributed by atoms with Crippen molar-refractivity contribution in [2.75, 3.05) is 56.9 Å². The number of nitrogens with zero attached hydrogens (tertiary/aromatic N) is 5. The van der Waals surface area contributed by atoms with E-state index in [-0.39, 0.29) is 5.95 Å². The number of carbonyl (C=O) groups excluding carboxylic acids is 1. The number of methoxy groups -OCH3 is 1. The number of hydrogen-bond acceptors (Lipinski definition) is 7. The second-order valence-electron chi connectivity index (χ2n) is 10.3. The zero-order valence-electron chi connectivity index (χ0n) is 28.7. The number of anilines is 4. The van der Waals surface area contributed by atoms with Gasteiger partial charge in [0.05, 0.1) is 32.6 Å². The van der Waals surface area contributed by atoms with Crippen LogP contribution < -0.4 is 20.3 Å². The van der Waals surface area contributed by atoms with Gasteiger partial charge in [0.1, 0.15) is 5.75 Å². The van der Waals surface area contributed by atoms with Crippen molar-refractivity contribution < 1.29 is 16.4 Å². The van der Waals surface area contributed by atoms with E-state index in [4.69, 9.17) is 16.6 Å². The van der Waals surface area contributed by atoms with E-state index in [9.17, 15) is 4.79 Å². The molecule has 0 spiro atoms. The molecule has 0 unspecified atom stereocenters. The molecule has 1 amide bonds. The smallest absolute Gasteiger partial charge is 0.247 e. The van der Waals surface area contributed by atoms with Crippen LogP contribution in [-0.2, 0) is 10.3 Å². The highest BCUT2D eigenvalue weighted by Gasteiger charge is 2.20. The summed E-state index contributed by atoms with van der Waals surface area (Å²) in [5, 5.41) is 6.83. The number of amides is 1. The molecular formula is C31H39N7O2. The maximum absolute atomic E-state index is 12.6. The van der Waals surface area contributed by atoms with Crippen molar-refractivity contribution >= 4 is 39.8 Å². The molecule has 4 rings (SSSR count). The first-order chi connectivity index (χ1) is 21.1. The molecule has 0 aliphatic heterocycles. The highest BCUT2D eigenvalue weighted by Crippen LogP contribution is 2.38. The van der Waals surface area contributed by atoms with Gasteiger partial charge >= 0.3 is 0 Å². The first-order valence-corrected chi connectivity index (χ1v) is 12.9. The average Bonchev–Trinajstić information content (AvgIpc) is 3.36. The molecule has 40 heavy (non-hydrogen) atoms. The minimum Gasteiger partial charge on any atom is -0.494 e. The van der Waals surface area contributed by atoms with Crippen LogP contribution in [0.2, 0.25) is 0 Å². The van der Waals surface area contributed by atoms with E-state index in [1.807, 2.05) is 61.4 Å². The molecule has 2 aromatic carbocycles. The maximum Gasteiger partial charge on any atom is 0.247 e. The van der Waals surface area contributed by atoms with Crippen LogP contribution in [0.4, 0.5) is 23.0 Å². The Kier molecular flexibility index (Phi) is 6.62. The lowest BCUT2D eigenvalue weighted by atomic mass is 10.1. The van der Waals surface area contributed by atoms with Crippen LogP contribution in [0.3, 0.4) is 0 Å². The second kappa shape index (κ2) is 11.8. The molecule has 0 aliphatic rings. The van der Waals surface area contributed by atoms with Crippen LogP contribution in [0.15, 0.2) is 67.5 Å². The molecule has 210 valence electrons. The first kappa shape index (κ1) is 22.4. The molecule has 0 atom stereocenters. The van der Waals surface area contributed by atoms with E-state index >= 15 is 0 Å². The number of ether oxygens (including phenoxy) is 1. The third-order valence-corrected chi connectivity index (χ3v) is 6.49. The predicted molar refractivity (Wildman–Crippen MR) is 165 cm³/mol. The van der Waals surface area contributed by atoms with Gasteiger partial charge in [-0.25, -0.2) is 9.97 Å². The van der Waals surface area contributed by atoms with Gasteiger partial charge < -0.3 is 29.7 Å². The maximum atomic E-state index is 12.6. The van der Waals surface area contributed by atoms with Crippen LogP contribution in [0, 0.1) is 0 Å². The third kappa shape index (κ3) is 6.26. The van der Waals surface area contributed by atoms with Crippen molar-refractivity contribution in [1.29, 1.82) is 0 Å². The summed E-state index contributed by atoms with van der Waals surface area (Å²) < 4.78 is 46.6. The molecule has 2 heterocycles. The molecule has 2 N–H and O–H groups in total. The molecule has 4 aromatic rings. The Balaban J connectivity index is 1.77. The minimum atomic E-state index is -2.25. The summed E-state index contributed by atoms with van der Waals surface area (Å²) in [6.07, 6.45) is 4.31. The fraction of sp³-hybridized carbons (Fsp3) is 0.323. The lowest BCUT2D eigenvalue weighted by Crippen LogP contribution is -2.29. The van der Waals surface area contributed by atoms with Gasteiger partial charge in [0.25, 0.3) is 0 Å². The van der Waals surface area contributed by atoms with Crippen molar-refractivity contribution in [2.24, 2.45) is 0 Å². The Morgan fingerprint density at radius 2 is 2.00 bits per heavy atom. The van der Waals surface area contributed by atoms with E-state index in [1.54, 1.807) is 42.8 Å². The van der Waals surface area contributed by atoms with Gasteiger partial charge in [-0.1, -0.05) is 24.7 Å². The zero-order chi connectivity index (χ0) is 33.1. The summed E-state index contributed by atoms with van der Waals surface area (Å²) in [7, 11) is 7.38. The summed E-state index contributed by atoms with van der Waals surface area (Å²) in [6.45, 7) is 1.93. The number of benzene rings is 2. The number of nitrogens with one attached hydrogen (secondary N) is 2. The van der Waals surface area contributed by atoms with Crippen LogP contribution in [0.25, 0.3) is 22.2 Å². The Bertz CT molecular complexity index is 1710. The van der Waals surface area contributed by atoms with Gasteiger partial charge in [-0.05, 0) is 59.1 Å². The fourth-order valence-electron chi connectivity index (χ4n) is 4.43. The lowest BCUT2D eigenvalue weighted by molar-refractivity contribution is -0.111. The first-order valence-electron chi connectivity index (χ1n) is 15.4. The summed E-state index contributed by atoms with van der Waals surface area (Å²) >= 11 is 0. The lowest BCUT2D eigenvalue weighted by Gasteiger charge is -2.26. The molecular weight excluding hydrogens is 502 g/mol. The summed E-state index contributed by atoms with van der Waals surface area (Å²) in [6, 6.07) is 12.8. The van der Waals surface area contributed by atoms with E-state index in [1.165, 1.54) is 7.11 Å². The number of aromatic nitrogens is 3. The minimum absolute atomic E-state index is 0.253. The number of carbonyl (C=O) groups is 1. The molecule has 9 nitrogen and oxygen atoms in total. The van der Waals surface area contributed by atoms with E-state index < -0.39 is 24.8 Å². The van der Waals surface area contributed by atoms with E-state index in [0.29, 0.717) is 35.1 Å². The molecule has 0 saturated heterocycles. The molecule has 0 bridgehead atoms. The third-order valence-electron chi connectivity index (χ3n) is 6.49. The van der Waals surface area contributed by atoms with Gasteiger partial charge in [0.2, 0.25) is 11.9 Å². The van der Waals surface area contributed by atoms with Crippen LogP contribution in [0.5, 0.6) is 5.75 Å². The normalized spacial score (nSPS) is 13.5. The quantitative estimate of drug-likeness (QED) is 0.246. The van der Waals surface area contributed by atoms with Gasteiger partial charge in [-0.2, -0.15) is 0 Å². The standard InChI is InChI=1S/C31H39N7O2/c1-9-29(39)33-24-18-25(28(40-8)19-27(24)37(7)17-16-36(5)6)35-30-32-15-14-23(34-30)22-20-38(31(2,3)4)26-13-11-10-12-21(22)26/h9-15,18-20H,1,16-17H2,2-8H3,(H,33,39)(H,32,34,35)/i1D2,2D3. The zero-order valence-corrected chi connectivity index (χ0v) is 23.7. The summed E-state index contributed by atoms with van der Waals surface area (Å²) in [4.78, 5) is 25.8. The van der Waals surface area contributed by atoms with E-state index in [2.05, 4.69) is 15.6 Å². The molecule has 2 aromatic heterocycles. The molecule has 9 heteroatoms. The predicted octanol–water partition coefficient (Wildman–Crippen LogP) is 5.73. The molecule has 0 radical (unpaired) electrons. The summed E-state index contributed by atoms with van der Waals surface area (Å²) in [5.74, 6) is 0.119. The van der Waals surface area contributed by atoms with Crippen molar-refractivity contribution in [3.05, 3.63) is 67.5 Å². The summed E-state index contributed by atoms with van der Waals surface area (Å²) in [5.41, 5.74) is 2.52. The van der Waals surface area contributed by atoms with Crippen molar-refractivity contribution in [1.82, 2.24) is 19.4 Å². The Morgan fingerprint density at radius 1 is 1.20 bits per heavy atom. The Morgan fingerprint density at radius 3 is 2.73 bits per heavy atom. The van der Waals surface area contributed by atoms with Gasteiger partial charge in [-0.15, -0.1) is 0 Å². The second-order valence-corrected chi connectivity index (χ2v) is 10.3. The number of fused-ring (bicyclic) bond motifs is 1. The average molecular weight is 547 g/mol. The highest BCUT2D eigenvalue weighted by molar-refractivity contribution is 6.02. The number of likely N-dealkylation sites (N-methyl/N-ethyl adjacent to an activating group) is 2.